The van der Waals surface area contributed by atoms with Gasteiger partial charge in [-0.2, -0.15) is 0 Å². The smallest absolute Gasteiger partial charge is 0.149 e. The number of nitrogens with two attached hydrogens (primary N) is 1. The summed E-state index contributed by atoms with van der Waals surface area (Å²) in [7, 11) is 0. The molecule has 0 amide bonds. The highest BCUT2D eigenvalue weighted by molar-refractivity contribution is 7.80. The van der Waals surface area contributed by atoms with Gasteiger partial charge in [0.25, 0.3) is 0 Å². The van der Waals surface area contributed by atoms with E-state index in [0.29, 0.717) is 10.9 Å². The highest BCUT2D eigenvalue weighted by Gasteiger charge is 2.66. The first-order valence-electron chi connectivity index (χ1n) is 5.16. The Bertz CT molecular complexity index is 323. The van der Waals surface area contributed by atoms with Crippen molar-refractivity contribution in [2.45, 2.75) is 33.6 Å². The predicted octanol–water partition coefficient (Wildman–Crippen LogP) is 1.91. The number of thiocarbonyl (C=S) groups is 1. The van der Waals surface area contributed by atoms with Crippen LogP contribution in [0.5, 0.6) is 0 Å². The van der Waals surface area contributed by atoms with Crippen molar-refractivity contribution < 1.29 is 4.79 Å². The third kappa shape index (κ3) is 0.867. The summed E-state index contributed by atoms with van der Waals surface area (Å²) >= 11 is 5.01. The van der Waals surface area contributed by atoms with Crippen LogP contribution in [0.15, 0.2) is 0 Å². The fourth-order valence-electron chi connectivity index (χ4n) is 3.41. The van der Waals surface area contributed by atoms with Crippen molar-refractivity contribution in [3.05, 3.63) is 0 Å². The Morgan fingerprint density at radius 1 is 1.50 bits per heavy atom. The zero-order chi connectivity index (χ0) is 10.7. The third-order valence-corrected chi connectivity index (χ3v) is 5.09. The summed E-state index contributed by atoms with van der Waals surface area (Å²) in [5.74, 6) is 0.502. The lowest BCUT2D eigenvalue weighted by molar-refractivity contribution is -0.129. The maximum atomic E-state index is 12.2. The number of ketones is 1. The van der Waals surface area contributed by atoms with Crippen LogP contribution in [0.2, 0.25) is 0 Å². The summed E-state index contributed by atoms with van der Waals surface area (Å²) in [6.07, 6.45) is 2.10. The summed E-state index contributed by atoms with van der Waals surface area (Å²) in [6, 6.07) is 0. The van der Waals surface area contributed by atoms with E-state index in [4.69, 9.17) is 18.0 Å². The second-order valence-electron chi connectivity index (χ2n) is 5.44. The van der Waals surface area contributed by atoms with Crippen LogP contribution in [0.1, 0.15) is 33.6 Å². The maximum Gasteiger partial charge on any atom is 0.149 e. The van der Waals surface area contributed by atoms with Gasteiger partial charge in [-0.3, -0.25) is 4.79 Å². The Balaban J connectivity index is 2.49. The molecular weight excluding hydrogens is 194 g/mol. The van der Waals surface area contributed by atoms with Crippen molar-refractivity contribution in [3.8, 4) is 0 Å². The highest BCUT2D eigenvalue weighted by atomic mass is 32.1. The van der Waals surface area contributed by atoms with Gasteiger partial charge in [0.1, 0.15) is 5.78 Å². The zero-order valence-electron chi connectivity index (χ0n) is 8.96. The Morgan fingerprint density at radius 3 is 2.36 bits per heavy atom. The Kier molecular flexibility index (Phi) is 1.85. The van der Waals surface area contributed by atoms with E-state index >= 15 is 0 Å². The minimum Gasteiger partial charge on any atom is -0.393 e. The lowest BCUT2D eigenvalue weighted by Crippen LogP contribution is -2.37. The van der Waals surface area contributed by atoms with Gasteiger partial charge in [0.2, 0.25) is 0 Å². The molecule has 2 aliphatic rings. The van der Waals surface area contributed by atoms with E-state index in [1.165, 1.54) is 0 Å². The van der Waals surface area contributed by atoms with Crippen molar-refractivity contribution >= 4 is 23.0 Å². The molecule has 0 aromatic rings. The molecule has 2 saturated carbocycles. The number of carbonyl (C=O) groups excluding carboxylic acids is 1. The van der Waals surface area contributed by atoms with Crippen LogP contribution in [0.25, 0.3) is 0 Å². The summed E-state index contributed by atoms with van der Waals surface area (Å²) in [6.45, 7) is 6.44. The molecule has 0 aliphatic heterocycles. The standard InChI is InChI=1S/C11H17NOS/c1-10(2)6-4-5-11(10,3)8(13)7(6)9(12)14/h6-7H,4-5H2,1-3H3,(H2,12,14). The van der Waals surface area contributed by atoms with Gasteiger partial charge in [0.15, 0.2) is 0 Å². The fraction of sp³-hybridized carbons (Fsp3) is 0.818. The van der Waals surface area contributed by atoms with Crippen molar-refractivity contribution in [1.82, 2.24) is 0 Å². The number of carbonyl (C=O) groups is 1. The summed E-state index contributed by atoms with van der Waals surface area (Å²) in [5.41, 5.74) is 5.54. The van der Waals surface area contributed by atoms with E-state index in [9.17, 15) is 4.79 Å². The predicted molar refractivity (Wildman–Crippen MR) is 59.9 cm³/mol. The molecule has 3 heteroatoms. The molecule has 2 rings (SSSR count). The van der Waals surface area contributed by atoms with Crippen LogP contribution in [-0.2, 0) is 4.79 Å². The second-order valence-corrected chi connectivity index (χ2v) is 5.91. The van der Waals surface area contributed by atoms with Crippen LogP contribution in [0, 0.1) is 22.7 Å². The molecule has 2 N–H and O–H groups in total. The Morgan fingerprint density at radius 2 is 2.07 bits per heavy atom. The Labute approximate surface area is 90.2 Å². The molecular formula is C11H17NOS. The normalized spacial score (nSPS) is 44.4. The summed E-state index contributed by atoms with van der Waals surface area (Å²) in [5, 5.41) is 0. The minimum absolute atomic E-state index is 0.0676. The molecule has 0 aromatic heterocycles. The van der Waals surface area contributed by atoms with Gasteiger partial charge in [0, 0.05) is 5.41 Å². The first kappa shape index (κ1) is 10.1. The number of hydrogen-bond acceptors (Lipinski definition) is 2. The van der Waals surface area contributed by atoms with E-state index in [1.807, 2.05) is 0 Å². The van der Waals surface area contributed by atoms with Gasteiger partial charge in [-0.15, -0.1) is 0 Å². The van der Waals surface area contributed by atoms with Gasteiger partial charge in [-0.05, 0) is 24.2 Å². The maximum absolute atomic E-state index is 12.2. The average molecular weight is 211 g/mol. The van der Waals surface area contributed by atoms with Gasteiger partial charge in [0.05, 0.1) is 10.9 Å². The first-order valence-corrected chi connectivity index (χ1v) is 5.57. The number of fused-ring (bicyclic) bond motifs is 2. The molecule has 0 spiro atoms. The molecule has 0 heterocycles. The van der Waals surface area contributed by atoms with Gasteiger partial charge >= 0.3 is 0 Å². The van der Waals surface area contributed by atoms with Gasteiger partial charge < -0.3 is 5.73 Å². The van der Waals surface area contributed by atoms with Crippen molar-refractivity contribution in [1.29, 1.82) is 0 Å². The lowest BCUT2D eigenvalue weighted by Gasteiger charge is -2.32. The molecule has 0 radical (unpaired) electrons. The molecule has 2 bridgehead atoms. The molecule has 2 aliphatic carbocycles. The van der Waals surface area contributed by atoms with Crippen LogP contribution >= 0.6 is 12.2 Å². The lowest BCUT2D eigenvalue weighted by atomic mass is 9.70. The SMILES string of the molecule is CC12CCC(C(C(N)=S)C1=O)C2(C)C. The summed E-state index contributed by atoms with van der Waals surface area (Å²) < 4.78 is 0. The molecule has 3 unspecified atom stereocenters. The molecule has 0 saturated heterocycles. The largest absolute Gasteiger partial charge is 0.393 e. The van der Waals surface area contributed by atoms with Crippen LogP contribution in [0.3, 0.4) is 0 Å². The second kappa shape index (κ2) is 2.57. The van der Waals surface area contributed by atoms with Crippen LogP contribution in [0.4, 0.5) is 0 Å². The number of rotatable bonds is 1. The fourth-order valence-corrected chi connectivity index (χ4v) is 3.69. The topological polar surface area (TPSA) is 43.1 Å². The number of hydrogen-bond donors (Lipinski definition) is 1. The van der Waals surface area contributed by atoms with E-state index in [2.05, 4.69) is 20.8 Å². The molecule has 78 valence electrons. The molecule has 2 nitrogen and oxygen atoms in total. The van der Waals surface area contributed by atoms with Crippen LogP contribution in [-0.4, -0.2) is 10.8 Å². The van der Waals surface area contributed by atoms with Crippen molar-refractivity contribution in [2.75, 3.05) is 0 Å². The molecule has 0 aromatic carbocycles. The van der Waals surface area contributed by atoms with E-state index in [-0.39, 0.29) is 22.5 Å². The summed E-state index contributed by atoms with van der Waals surface area (Å²) in [4.78, 5) is 12.6. The molecule has 3 atom stereocenters. The highest BCUT2D eigenvalue weighted by Crippen LogP contribution is 2.65. The van der Waals surface area contributed by atoms with Gasteiger partial charge in [-0.1, -0.05) is 33.0 Å². The average Bonchev–Trinajstić information content (AvgIpc) is 2.35. The number of Topliss-reactive ketones (excluding diaryl/α,β-unsaturated/α-hetero) is 1. The zero-order valence-corrected chi connectivity index (χ0v) is 9.78. The quantitative estimate of drug-likeness (QED) is 0.674. The first-order chi connectivity index (χ1) is 6.32. The van der Waals surface area contributed by atoms with Crippen molar-refractivity contribution in [3.63, 3.8) is 0 Å². The molecule has 14 heavy (non-hydrogen) atoms. The van der Waals surface area contributed by atoms with Crippen molar-refractivity contribution in [2.24, 2.45) is 28.4 Å². The monoisotopic (exact) mass is 211 g/mol. The van der Waals surface area contributed by atoms with E-state index in [1.54, 1.807) is 0 Å². The minimum atomic E-state index is -0.189. The van der Waals surface area contributed by atoms with E-state index in [0.717, 1.165) is 12.8 Å². The van der Waals surface area contributed by atoms with Gasteiger partial charge in [-0.25, -0.2) is 0 Å². The van der Waals surface area contributed by atoms with E-state index < -0.39 is 0 Å². The Hall–Kier alpha value is -0.440. The molecule has 2 fully saturated rings. The third-order valence-electron chi connectivity index (χ3n) is 4.84. The van der Waals surface area contributed by atoms with Crippen LogP contribution < -0.4 is 5.73 Å².